The molecule has 0 fully saturated rings. The zero-order valence-corrected chi connectivity index (χ0v) is 13.4. The van der Waals surface area contributed by atoms with Crippen LogP contribution in [0.5, 0.6) is 0 Å². The average molecular weight is 296 g/mol. The number of rotatable bonds is 5. The minimum absolute atomic E-state index is 0.689. The first-order chi connectivity index (χ1) is 10.7. The van der Waals surface area contributed by atoms with E-state index in [0.717, 1.165) is 44.2 Å². The van der Waals surface area contributed by atoms with Crippen molar-refractivity contribution in [3.63, 3.8) is 0 Å². The summed E-state index contributed by atoms with van der Waals surface area (Å²) in [6.07, 6.45) is 4.06. The zero-order chi connectivity index (χ0) is 15.4. The van der Waals surface area contributed by atoms with E-state index in [9.17, 15) is 0 Å². The molecule has 1 aromatic heterocycles. The number of benzene rings is 1. The number of nitrogens with one attached hydrogen (secondary N) is 1. The molecule has 22 heavy (non-hydrogen) atoms. The van der Waals surface area contributed by atoms with Crippen LogP contribution in [0.15, 0.2) is 36.5 Å². The first-order valence-corrected chi connectivity index (χ1v) is 8.11. The summed E-state index contributed by atoms with van der Waals surface area (Å²) in [6, 6.07) is 10.7. The fraction of sp³-hybridized carbons (Fsp3) is 0.444. The van der Waals surface area contributed by atoms with Crippen LogP contribution in [0, 0.1) is 5.92 Å². The standard InChI is InChI=1S/C18H24N4/c1-14(2)7-10-19-18-20-11-8-17(21-18)22-12-9-15-5-3-4-6-16(15)13-22/h3-6,8,11,14H,7,9-10,12-13H2,1-2H3,(H,19,20,21). The molecule has 0 bridgehead atoms. The summed E-state index contributed by atoms with van der Waals surface area (Å²) < 4.78 is 0. The van der Waals surface area contributed by atoms with Gasteiger partial charge in [0.15, 0.2) is 0 Å². The maximum Gasteiger partial charge on any atom is 0.224 e. The van der Waals surface area contributed by atoms with Gasteiger partial charge in [-0.1, -0.05) is 38.1 Å². The van der Waals surface area contributed by atoms with Gasteiger partial charge < -0.3 is 10.2 Å². The first-order valence-electron chi connectivity index (χ1n) is 8.11. The highest BCUT2D eigenvalue weighted by Gasteiger charge is 2.17. The maximum absolute atomic E-state index is 4.67. The van der Waals surface area contributed by atoms with E-state index >= 15 is 0 Å². The third-order valence-electron chi connectivity index (χ3n) is 4.10. The van der Waals surface area contributed by atoms with Gasteiger partial charge in [0.25, 0.3) is 0 Å². The van der Waals surface area contributed by atoms with Crippen molar-refractivity contribution >= 4 is 11.8 Å². The molecule has 0 radical (unpaired) electrons. The Morgan fingerprint density at radius 2 is 2.00 bits per heavy atom. The van der Waals surface area contributed by atoms with Crippen molar-refractivity contribution in [1.29, 1.82) is 0 Å². The van der Waals surface area contributed by atoms with E-state index in [4.69, 9.17) is 0 Å². The Hall–Kier alpha value is -2.10. The number of fused-ring (bicyclic) bond motifs is 1. The van der Waals surface area contributed by atoms with Crippen LogP contribution in [0.25, 0.3) is 0 Å². The van der Waals surface area contributed by atoms with Gasteiger partial charge in [-0.3, -0.25) is 0 Å². The van der Waals surface area contributed by atoms with Gasteiger partial charge in [0.05, 0.1) is 0 Å². The number of nitrogens with zero attached hydrogens (tertiary/aromatic N) is 3. The molecule has 4 heteroatoms. The highest BCUT2D eigenvalue weighted by Crippen LogP contribution is 2.23. The lowest BCUT2D eigenvalue weighted by molar-refractivity contribution is 0.605. The van der Waals surface area contributed by atoms with Crippen LogP contribution in [0.2, 0.25) is 0 Å². The molecule has 4 nitrogen and oxygen atoms in total. The Morgan fingerprint density at radius 1 is 1.18 bits per heavy atom. The Kier molecular flexibility index (Phi) is 4.56. The van der Waals surface area contributed by atoms with Crippen LogP contribution in [0.1, 0.15) is 31.4 Å². The monoisotopic (exact) mass is 296 g/mol. The summed E-state index contributed by atoms with van der Waals surface area (Å²) in [4.78, 5) is 11.3. The summed E-state index contributed by atoms with van der Waals surface area (Å²) in [5.74, 6) is 2.43. The van der Waals surface area contributed by atoms with E-state index in [1.54, 1.807) is 0 Å². The van der Waals surface area contributed by atoms with Crippen LogP contribution < -0.4 is 10.2 Å². The molecule has 2 heterocycles. The van der Waals surface area contributed by atoms with Crippen molar-refractivity contribution in [2.45, 2.75) is 33.2 Å². The fourth-order valence-corrected chi connectivity index (χ4v) is 2.77. The molecule has 0 unspecified atom stereocenters. The highest BCUT2D eigenvalue weighted by atomic mass is 15.2. The molecule has 2 aromatic rings. The van der Waals surface area contributed by atoms with Crippen molar-refractivity contribution in [3.8, 4) is 0 Å². The number of anilines is 2. The largest absolute Gasteiger partial charge is 0.354 e. The Labute approximate surface area is 132 Å². The second-order valence-electron chi connectivity index (χ2n) is 6.29. The third kappa shape index (κ3) is 3.56. The number of hydrogen-bond donors (Lipinski definition) is 1. The third-order valence-corrected chi connectivity index (χ3v) is 4.10. The normalized spacial score (nSPS) is 14.0. The van der Waals surface area contributed by atoms with Crippen LogP contribution in [-0.2, 0) is 13.0 Å². The zero-order valence-electron chi connectivity index (χ0n) is 13.4. The van der Waals surface area contributed by atoms with E-state index < -0.39 is 0 Å². The predicted octanol–water partition coefficient (Wildman–Crippen LogP) is 3.50. The van der Waals surface area contributed by atoms with Gasteiger partial charge >= 0.3 is 0 Å². The lowest BCUT2D eigenvalue weighted by Gasteiger charge is -2.29. The summed E-state index contributed by atoms with van der Waals surface area (Å²) in [5, 5.41) is 3.33. The molecule has 0 aliphatic carbocycles. The molecule has 0 atom stereocenters. The topological polar surface area (TPSA) is 41.1 Å². The van der Waals surface area contributed by atoms with Crippen LogP contribution in [-0.4, -0.2) is 23.1 Å². The number of hydrogen-bond acceptors (Lipinski definition) is 4. The lowest BCUT2D eigenvalue weighted by atomic mass is 10.00. The Balaban J connectivity index is 1.68. The van der Waals surface area contributed by atoms with Gasteiger partial charge in [-0.15, -0.1) is 0 Å². The molecule has 0 amide bonds. The van der Waals surface area contributed by atoms with E-state index in [0.29, 0.717) is 5.92 Å². The minimum atomic E-state index is 0.689. The first kappa shape index (κ1) is 14.8. The van der Waals surface area contributed by atoms with Gasteiger partial charge in [-0.25, -0.2) is 4.98 Å². The van der Waals surface area contributed by atoms with Crippen molar-refractivity contribution in [2.75, 3.05) is 23.3 Å². The molecule has 0 saturated carbocycles. The summed E-state index contributed by atoms with van der Waals surface area (Å²) in [6.45, 7) is 7.32. The smallest absolute Gasteiger partial charge is 0.224 e. The average Bonchev–Trinajstić information content (AvgIpc) is 2.54. The molecule has 0 saturated heterocycles. The molecule has 1 aromatic carbocycles. The van der Waals surface area contributed by atoms with E-state index in [1.165, 1.54) is 11.1 Å². The molecular weight excluding hydrogens is 272 g/mol. The molecule has 116 valence electrons. The molecule has 1 aliphatic rings. The van der Waals surface area contributed by atoms with Crippen molar-refractivity contribution in [3.05, 3.63) is 47.7 Å². The van der Waals surface area contributed by atoms with E-state index in [2.05, 4.69) is 58.3 Å². The van der Waals surface area contributed by atoms with E-state index in [1.807, 2.05) is 12.3 Å². The van der Waals surface area contributed by atoms with Crippen molar-refractivity contribution in [1.82, 2.24) is 9.97 Å². The molecule has 1 aliphatic heterocycles. The Morgan fingerprint density at radius 3 is 2.82 bits per heavy atom. The molecule has 0 spiro atoms. The van der Waals surface area contributed by atoms with Crippen molar-refractivity contribution < 1.29 is 0 Å². The van der Waals surface area contributed by atoms with Gasteiger partial charge in [0, 0.05) is 25.8 Å². The van der Waals surface area contributed by atoms with Gasteiger partial charge in [0.1, 0.15) is 5.82 Å². The quantitative estimate of drug-likeness (QED) is 0.917. The SMILES string of the molecule is CC(C)CCNc1nccc(N2CCc3ccccc3C2)n1. The summed E-state index contributed by atoms with van der Waals surface area (Å²) in [7, 11) is 0. The predicted molar refractivity (Wildman–Crippen MR) is 91.2 cm³/mol. The number of aromatic nitrogens is 2. The van der Waals surface area contributed by atoms with Crippen LogP contribution in [0.4, 0.5) is 11.8 Å². The van der Waals surface area contributed by atoms with Gasteiger partial charge in [-0.2, -0.15) is 4.98 Å². The van der Waals surface area contributed by atoms with Crippen molar-refractivity contribution in [2.24, 2.45) is 5.92 Å². The molecule has 1 N–H and O–H groups in total. The molecular formula is C18H24N4. The van der Waals surface area contributed by atoms with Gasteiger partial charge in [-0.05, 0) is 36.0 Å². The van der Waals surface area contributed by atoms with E-state index in [-0.39, 0.29) is 0 Å². The maximum atomic E-state index is 4.67. The fourth-order valence-electron chi connectivity index (χ4n) is 2.77. The van der Waals surface area contributed by atoms with Crippen LogP contribution >= 0.6 is 0 Å². The second-order valence-corrected chi connectivity index (χ2v) is 6.29. The Bertz CT molecular complexity index is 624. The van der Waals surface area contributed by atoms with Crippen LogP contribution in [0.3, 0.4) is 0 Å². The summed E-state index contributed by atoms with van der Waals surface area (Å²) in [5.41, 5.74) is 2.87. The second kappa shape index (κ2) is 6.77. The lowest BCUT2D eigenvalue weighted by Crippen LogP contribution is -2.31. The minimum Gasteiger partial charge on any atom is -0.354 e. The molecule has 3 rings (SSSR count). The van der Waals surface area contributed by atoms with Gasteiger partial charge in [0.2, 0.25) is 5.95 Å². The summed E-state index contributed by atoms with van der Waals surface area (Å²) >= 11 is 0. The highest BCUT2D eigenvalue weighted by molar-refractivity contribution is 5.46.